The van der Waals surface area contributed by atoms with Crippen molar-refractivity contribution in [2.24, 2.45) is 0 Å². The van der Waals surface area contributed by atoms with Crippen LogP contribution in [0, 0.1) is 0 Å². The van der Waals surface area contributed by atoms with E-state index in [9.17, 15) is 4.79 Å². The van der Waals surface area contributed by atoms with E-state index in [-0.39, 0.29) is 5.91 Å². The number of anilines is 2. The van der Waals surface area contributed by atoms with Crippen LogP contribution in [-0.4, -0.2) is 15.9 Å². The topological polar surface area (TPSA) is 80.9 Å². The quantitative estimate of drug-likeness (QED) is 0.749. The van der Waals surface area contributed by atoms with E-state index in [1.165, 1.54) is 11.3 Å². The molecule has 0 spiro atoms. The number of thiazole rings is 1. The van der Waals surface area contributed by atoms with Crippen LogP contribution in [0.3, 0.4) is 0 Å². The normalized spacial score (nSPS) is 10.5. The molecule has 0 aliphatic heterocycles. The molecule has 0 aliphatic rings. The summed E-state index contributed by atoms with van der Waals surface area (Å²) in [4.78, 5) is 20.2. The summed E-state index contributed by atoms with van der Waals surface area (Å²) in [6, 6.07) is 9.32. The molecule has 3 rings (SSSR count). The van der Waals surface area contributed by atoms with E-state index in [0.717, 1.165) is 10.9 Å². The van der Waals surface area contributed by atoms with Crippen LogP contribution >= 0.6 is 11.3 Å². The van der Waals surface area contributed by atoms with Crippen molar-refractivity contribution in [2.45, 2.75) is 0 Å². The number of amides is 1. The Balaban J connectivity index is 1.95. The number of pyridine rings is 1. The van der Waals surface area contributed by atoms with Crippen LogP contribution in [0.1, 0.15) is 10.5 Å². The highest BCUT2D eigenvalue weighted by Gasteiger charge is 2.11. The van der Waals surface area contributed by atoms with Gasteiger partial charge in [-0.2, -0.15) is 0 Å². The molecule has 19 heavy (non-hydrogen) atoms. The molecule has 6 heteroatoms. The predicted molar refractivity (Wildman–Crippen MR) is 76.2 cm³/mol. The van der Waals surface area contributed by atoms with Gasteiger partial charge in [0.05, 0.1) is 11.2 Å². The standard InChI is InChI=1S/C13H10N4OS/c14-13-17-11(7-19-13)12(18)16-10-5-1-4-9-8(10)3-2-6-15-9/h1-7H,(H2,14,17)(H,16,18). The average Bonchev–Trinajstić information content (AvgIpc) is 2.86. The lowest BCUT2D eigenvalue weighted by Crippen LogP contribution is -2.12. The highest BCUT2D eigenvalue weighted by molar-refractivity contribution is 7.13. The van der Waals surface area contributed by atoms with Crippen molar-refractivity contribution in [3.63, 3.8) is 0 Å². The number of hydrogen-bond donors (Lipinski definition) is 2. The van der Waals surface area contributed by atoms with Gasteiger partial charge in [0.1, 0.15) is 5.69 Å². The van der Waals surface area contributed by atoms with Gasteiger partial charge in [0.25, 0.3) is 5.91 Å². The van der Waals surface area contributed by atoms with Crippen LogP contribution in [0.5, 0.6) is 0 Å². The first-order valence-corrected chi connectivity index (χ1v) is 6.48. The minimum atomic E-state index is -0.274. The van der Waals surface area contributed by atoms with Gasteiger partial charge < -0.3 is 11.1 Å². The Morgan fingerprint density at radius 1 is 1.26 bits per heavy atom. The largest absolute Gasteiger partial charge is 0.375 e. The fourth-order valence-electron chi connectivity index (χ4n) is 1.79. The zero-order chi connectivity index (χ0) is 13.2. The van der Waals surface area contributed by atoms with Crippen LogP contribution < -0.4 is 11.1 Å². The van der Waals surface area contributed by atoms with Gasteiger partial charge >= 0.3 is 0 Å². The number of nitrogens with zero attached hydrogens (tertiary/aromatic N) is 2. The van der Waals surface area contributed by atoms with Crippen LogP contribution in [0.2, 0.25) is 0 Å². The van der Waals surface area contributed by atoms with Crippen LogP contribution in [0.15, 0.2) is 41.9 Å². The SMILES string of the molecule is Nc1nc(C(=O)Nc2cccc3ncccc23)cs1. The summed E-state index contributed by atoms with van der Waals surface area (Å²) >= 11 is 1.24. The van der Waals surface area contributed by atoms with Crippen molar-refractivity contribution in [3.05, 3.63) is 47.6 Å². The second kappa shape index (κ2) is 4.66. The van der Waals surface area contributed by atoms with Gasteiger partial charge in [-0.25, -0.2) is 4.98 Å². The Hall–Kier alpha value is -2.47. The van der Waals surface area contributed by atoms with E-state index >= 15 is 0 Å². The van der Waals surface area contributed by atoms with Crippen molar-refractivity contribution >= 4 is 39.0 Å². The Bertz CT molecular complexity index is 748. The molecule has 0 saturated heterocycles. The Kier molecular flexibility index (Phi) is 2.85. The van der Waals surface area contributed by atoms with Gasteiger partial charge in [-0.15, -0.1) is 11.3 Å². The lowest BCUT2D eigenvalue weighted by molar-refractivity contribution is 0.102. The number of nitrogen functional groups attached to an aromatic ring is 1. The molecule has 0 saturated carbocycles. The maximum atomic E-state index is 12.0. The Morgan fingerprint density at radius 3 is 2.95 bits per heavy atom. The number of nitrogens with two attached hydrogens (primary N) is 1. The van der Waals surface area contributed by atoms with Crippen molar-refractivity contribution in [2.75, 3.05) is 11.1 Å². The van der Waals surface area contributed by atoms with Gasteiger partial charge in [0.15, 0.2) is 5.13 Å². The molecule has 0 atom stereocenters. The molecular weight excluding hydrogens is 260 g/mol. The lowest BCUT2D eigenvalue weighted by Gasteiger charge is -2.06. The maximum absolute atomic E-state index is 12.0. The third-order valence-corrected chi connectivity index (χ3v) is 3.32. The second-order valence-corrected chi connectivity index (χ2v) is 4.79. The van der Waals surface area contributed by atoms with Gasteiger partial charge in [-0.1, -0.05) is 6.07 Å². The third-order valence-electron chi connectivity index (χ3n) is 2.65. The van der Waals surface area contributed by atoms with Crippen molar-refractivity contribution < 1.29 is 4.79 Å². The van der Waals surface area contributed by atoms with Gasteiger partial charge in [0, 0.05) is 17.0 Å². The van der Waals surface area contributed by atoms with E-state index in [2.05, 4.69) is 15.3 Å². The fourth-order valence-corrected chi connectivity index (χ4v) is 2.33. The Labute approximate surface area is 113 Å². The molecule has 2 heterocycles. The van der Waals surface area contributed by atoms with Crippen molar-refractivity contribution in [1.29, 1.82) is 0 Å². The van der Waals surface area contributed by atoms with Gasteiger partial charge in [-0.3, -0.25) is 9.78 Å². The van der Waals surface area contributed by atoms with Gasteiger partial charge in [0.2, 0.25) is 0 Å². The first kappa shape index (κ1) is 11.6. The number of carbonyl (C=O) groups is 1. The smallest absolute Gasteiger partial charge is 0.275 e. The number of benzene rings is 1. The van der Waals surface area contributed by atoms with Crippen molar-refractivity contribution in [3.8, 4) is 0 Å². The molecule has 1 amide bonds. The van der Waals surface area contributed by atoms with Crippen LogP contribution in [0.4, 0.5) is 10.8 Å². The molecule has 0 bridgehead atoms. The summed E-state index contributed by atoms with van der Waals surface area (Å²) in [6.07, 6.45) is 1.72. The monoisotopic (exact) mass is 270 g/mol. The lowest BCUT2D eigenvalue weighted by atomic mass is 10.2. The fraction of sp³-hybridized carbons (Fsp3) is 0. The van der Waals surface area contributed by atoms with E-state index in [1.807, 2.05) is 30.3 Å². The summed E-state index contributed by atoms with van der Waals surface area (Å²) in [7, 11) is 0. The minimum Gasteiger partial charge on any atom is -0.375 e. The van der Waals surface area contributed by atoms with E-state index in [0.29, 0.717) is 16.5 Å². The first-order chi connectivity index (χ1) is 9.24. The number of nitrogens with one attached hydrogen (secondary N) is 1. The number of fused-ring (bicyclic) bond motifs is 1. The molecule has 0 unspecified atom stereocenters. The molecule has 3 aromatic rings. The molecule has 1 aromatic carbocycles. The molecule has 2 aromatic heterocycles. The molecule has 3 N–H and O–H groups in total. The van der Waals surface area contributed by atoms with Crippen LogP contribution in [-0.2, 0) is 0 Å². The molecular formula is C13H10N4OS. The van der Waals surface area contributed by atoms with E-state index in [1.54, 1.807) is 11.6 Å². The second-order valence-electron chi connectivity index (χ2n) is 3.90. The van der Waals surface area contributed by atoms with E-state index in [4.69, 9.17) is 5.73 Å². The molecule has 0 radical (unpaired) electrons. The summed E-state index contributed by atoms with van der Waals surface area (Å²) in [6.45, 7) is 0. The number of hydrogen-bond acceptors (Lipinski definition) is 5. The Morgan fingerprint density at radius 2 is 2.16 bits per heavy atom. The van der Waals surface area contributed by atoms with Crippen molar-refractivity contribution in [1.82, 2.24) is 9.97 Å². The zero-order valence-corrected chi connectivity index (χ0v) is 10.6. The molecule has 0 aliphatic carbocycles. The van der Waals surface area contributed by atoms with Gasteiger partial charge in [-0.05, 0) is 24.3 Å². The summed E-state index contributed by atoms with van der Waals surface area (Å²) < 4.78 is 0. The van der Waals surface area contributed by atoms with E-state index < -0.39 is 0 Å². The molecule has 5 nitrogen and oxygen atoms in total. The molecule has 0 fully saturated rings. The minimum absolute atomic E-state index is 0.274. The number of aromatic nitrogens is 2. The molecule has 94 valence electrons. The summed E-state index contributed by atoms with van der Waals surface area (Å²) in [5.74, 6) is -0.274. The maximum Gasteiger partial charge on any atom is 0.275 e. The van der Waals surface area contributed by atoms with Crippen LogP contribution in [0.25, 0.3) is 10.9 Å². The number of carbonyl (C=O) groups excluding carboxylic acids is 1. The zero-order valence-electron chi connectivity index (χ0n) is 9.83. The third kappa shape index (κ3) is 2.25. The number of rotatable bonds is 2. The first-order valence-electron chi connectivity index (χ1n) is 5.60. The highest BCUT2D eigenvalue weighted by atomic mass is 32.1. The predicted octanol–water partition coefficient (Wildman–Crippen LogP) is 2.53. The highest BCUT2D eigenvalue weighted by Crippen LogP contribution is 2.22. The summed E-state index contributed by atoms with van der Waals surface area (Å²) in [5.41, 5.74) is 7.38. The average molecular weight is 270 g/mol. The summed E-state index contributed by atoms with van der Waals surface area (Å²) in [5, 5.41) is 5.73.